The van der Waals surface area contributed by atoms with Crippen LogP contribution in [-0.2, 0) is 9.84 Å². The molecule has 0 aliphatic carbocycles. The third kappa shape index (κ3) is 2.93. The van der Waals surface area contributed by atoms with Gasteiger partial charge < -0.3 is 5.11 Å². The second kappa shape index (κ2) is 4.51. The molecule has 0 fully saturated rings. The van der Waals surface area contributed by atoms with Gasteiger partial charge in [0.05, 0.1) is 11.0 Å². The summed E-state index contributed by atoms with van der Waals surface area (Å²) in [7, 11) is -3.25. The molecule has 0 spiro atoms. The predicted octanol–water partition coefficient (Wildman–Crippen LogP) is 2.19. The minimum atomic E-state index is -3.25. The molecule has 0 aliphatic heterocycles. The van der Waals surface area contributed by atoms with E-state index in [1.165, 1.54) is 18.2 Å². The zero-order valence-corrected chi connectivity index (χ0v) is 10.1. The molecule has 1 atom stereocenters. The van der Waals surface area contributed by atoms with Crippen LogP contribution in [0, 0.1) is 0 Å². The van der Waals surface area contributed by atoms with Crippen LogP contribution in [0.3, 0.4) is 0 Å². The minimum Gasteiger partial charge on any atom is -0.388 e. The van der Waals surface area contributed by atoms with Crippen LogP contribution in [0.1, 0.15) is 25.0 Å². The van der Waals surface area contributed by atoms with Crippen molar-refractivity contribution < 1.29 is 13.5 Å². The van der Waals surface area contributed by atoms with E-state index < -0.39 is 15.9 Å². The molecule has 3 nitrogen and oxygen atoms in total. The molecule has 0 bridgehead atoms. The third-order valence-corrected chi connectivity index (χ3v) is 3.60. The summed E-state index contributed by atoms with van der Waals surface area (Å²) in [5.41, 5.74) is 0.460. The van der Waals surface area contributed by atoms with E-state index in [-0.39, 0.29) is 4.90 Å². The maximum Gasteiger partial charge on any atom is 0.175 e. The number of aliphatic hydroxyl groups excluding tert-OH is 1. The lowest BCUT2D eigenvalue weighted by atomic mass is 10.1. The highest BCUT2D eigenvalue weighted by molar-refractivity contribution is 7.90. The van der Waals surface area contributed by atoms with Gasteiger partial charge in [0.15, 0.2) is 9.84 Å². The molecule has 1 rings (SSSR count). The Morgan fingerprint density at radius 2 is 2.07 bits per heavy atom. The Kier molecular flexibility index (Phi) is 3.76. The molecule has 0 radical (unpaired) electrons. The Morgan fingerprint density at radius 1 is 1.47 bits per heavy atom. The fourth-order valence-electron chi connectivity index (χ4n) is 1.23. The lowest BCUT2D eigenvalue weighted by molar-refractivity contribution is 0.173. The van der Waals surface area contributed by atoms with Crippen molar-refractivity contribution in [1.29, 1.82) is 0 Å². The quantitative estimate of drug-likeness (QED) is 0.892. The first-order chi connectivity index (χ1) is 6.86. The normalized spacial score (nSPS) is 13.9. The molecule has 1 aromatic rings. The molecule has 1 N–H and O–H groups in total. The first-order valence-electron chi connectivity index (χ1n) is 4.53. The Bertz CT molecular complexity index is 454. The van der Waals surface area contributed by atoms with Crippen molar-refractivity contribution in [2.45, 2.75) is 24.3 Å². The van der Waals surface area contributed by atoms with Crippen LogP contribution in [0.5, 0.6) is 0 Å². The lowest BCUT2D eigenvalue weighted by Gasteiger charge is -2.11. The largest absolute Gasteiger partial charge is 0.388 e. The highest BCUT2D eigenvalue weighted by Crippen LogP contribution is 2.27. The Balaban J connectivity index is 3.29. The molecular weight excluding hydrogens is 236 g/mol. The fourth-order valence-corrected chi connectivity index (χ4v) is 2.13. The molecule has 0 heterocycles. The molecule has 0 saturated carbocycles. The van der Waals surface area contributed by atoms with Crippen LogP contribution in [0.4, 0.5) is 0 Å². The van der Waals surface area contributed by atoms with Gasteiger partial charge in [-0.3, -0.25) is 0 Å². The number of sulfone groups is 1. The van der Waals surface area contributed by atoms with Crippen molar-refractivity contribution in [3.8, 4) is 0 Å². The lowest BCUT2D eigenvalue weighted by Crippen LogP contribution is -2.01. The Hall–Kier alpha value is -0.580. The summed E-state index contributed by atoms with van der Waals surface area (Å²) < 4.78 is 22.6. The number of rotatable bonds is 3. The third-order valence-electron chi connectivity index (χ3n) is 2.14. The SMILES string of the molecule is CCC(O)c1cc(S(C)(=O)=O)ccc1Cl. The van der Waals surface area contributed by atoms with Crippen molar-refractivity contribution in [3.05, 3.63) is 28.8 Å². The van der Waals surface area contributed by atoms with Crippen LogP contribution >= 0.6 is 11.6 Å². The van der Waals surface area contributed by atoms with Gasteiger partial charge in [-0.15, -0.1) is 0 Å². The van der Waals surface area contributed by atoms with E-state index in [4.69, 9.17) is 11.6 Å². The molecule has 1 aromatic carbocycles. The molecule has 0 aliphatic rings. The molecule has 15 heavy (non-hydrogen) atoms. The van der Waals surface area contributed by atoms with E-state index >= 15 is 0 Å². The number of aliphatic hydroxyl groups is 1. The molecular formula is C10H13ClO3S. The first-order valence-corrected chi connectivity index (χ1v) is 6.80. The van der Waals surface area contributed by atoms with E-state index in [1.807, 2.05) is 0 Å². The minimum absolute atomic E-state index is 0.175. The monoisotopic (exact) mass is 248 g/mol. The van der Waals surface area contributed by atoms with Crippen molar-refractivity contribution >= 4 is 21.4 Å². The molecule has 0 aromatic heterocycles. The predicted molar refractivity (Wildman–Crippen MR) is 59.8 cm³/mol. The van der Waals surface area contributed by atoms with Gasteiger partial charge in [-0.05, 0) is 24.6 Å². The highest BCUT2D eigenvalue weighted by atomic mass is 35.5. The van der Waals surface area contributed by atoms with Gasteiger partial charge in [0.25, 0.3) is 0 Å². The van der Waals surface area contributed by atoms with Gasteiger partial charge in [-0.2, -0.15) is 0 Å². The van der Waals surface area contributed by atoms with Gasteiger partial charge in [0, 0.05) is 16.8 Å². The number of halogens is 1. The average molecular weight is 249 g/mol. The molecule has 0 saturated heterocycles. The Labute approximate surface area is 94.6 Å². The van der Waals surface area contributed by atoms with E-state index in [1.54, 1.807) is 6.92 Å². The molecule has 5 heteroatoms. The average Bonchev–Trinajstić information content (AvgIpc) is 2.15. The van der Waals surface area contributed by atoms with Crippen LogP contribution < -0.4 is 0 Å². The van der Waals surface area contributed by atoms with Crippen molar-refractivity contribution in [2.24, 2.45) is 0 Å². The topological polar surface area (TPSA) is 54.4 Å². The second-order valence-electron chi connectivity index (χ2n) is 3.38. The highest BCUT2D eigenvalue weighted by Gasteiger charge is 2.14. The van der Waals surface area contributed by atoms with Crippen molar-refractivity contribution in [3.63, 3.8) is 0 Å². The fraction of sp³-hybridized carbons (Fsp3) is 0.400. The summed E-state index contributed by atoms with van der Waals surface area (Å²) in [6, 6.07) is 4.35. The summed E-state index contributed by atoms with van der Waals surface area (Å²) in [6.45, 7) is 1.80. The van der Waals surface area contributed by atoms with Crippen LogP contribution in [0.25, 0.3) is 0 Å². The van der Waals surface area contributed by atoms with E-state index in [2.05, 4.69) is 0 Å². The van der Waals surface area contributed by atoms with Crippen LogP contribution in [-0.4, -0.2) is 19.8 Å². The first kappa shape index (κ1) is 12.5. The number of benzene rings is 1. The van der Waals surface area contributed by atoms with Crippen molar-refractivity contribution in [2.75, 3.05) is 6.26 Å². The van der Waals surface area contributed by atoms with Gasteiger partial charge >= 0.3 is 0 Å². The smallest absolute Gasteiger partial charge is 0.175 e. The maximum atomic E-state index is 11.3. The maximum absolute atomic E-state index is 11.3. The van der Waals surface area contributed by atoms with Gasteiger partial charge in [0.2, 0.25) is 0 Å². The number of hydrogen-bond acceptors (Lipinski definition) is 3. The molecule has 84 valence electrons. The summed E-state index contributed by atoms with van der Waals surface area (Å²) in [4.78, 5) is 0.175. The second-order valence-corrected chi connectivity index (χ2v) is 5.80. The Morgan fingerprint density at radius 3 is 2.53 bits per heavy atom. The number of hydrogen-bond donors (Lipinski definition) is 1. The zero-order valence-electron chi connectivity index (χ0n) is 8.57. The van der Waals surface area contributed by atoms with Crippen molar-refractivity contribution in [1.82, 2.24) is 0 Å². The van der Waals surface area contributed by atoms with Gasteiger partial charge in [-0.1, -0.05) is 18.5 Å². The summed E-state index contributed by atoms with van der Waals surface area (Å²) in [6.07, 6.45) is 0.893. The van der Waals surface area contributed by atoms with E-state index in [9.17, 15) is 13.5 Å². The summed E-state index contributed by atoms with van der Waals surface area (Å²) >= 11 is 5.87. The van der Waals surface area contributed by atoms with Crippen LogP contribution in [0.15, 0.2) is 23.1 Å². The zero-order chi connectivity index (χ0) is 11.6. The van der Waals surface area contributed by atoms with E-state index in [0.717, 1.165) is 6.26 Å². The molecule has 1 unspecified atom stereocenters. The van der Waals surface area contributed by atoms with Gasteiger partial charge in [0.1, 0.15) is 0 Å². The summed E-state index contributed by atoms with van der Waals surface area (Å²) in [5, 5.41) is 10.0. The standard InChI is InChI=1S/C10H13ClO3S/c1-3-10(12)8-6-7(15(2,13)14)4-5-9(8)11/h4-6,10,12H,3H2,1-2H3. The van der Waals surface area contributed by atoms with Gasteiger partial charge in [-0.25, -0.2) is 8.42 Å². The van der Waals surface area contributed by atoms with E-state index in [0.29, 0.717) is 17.0 Å². The van der Waals surface area contributed by atoms with Crippen LogP contribution in [0.2, 0.25) is 5.02 Å². The summed E-state index contributed by atoms with van der Waals surface area (Å²) in [5.74, 6) is 0. The molecule has 0 amide bonds.